The summed E-state index contributed by atoms with van der Waals surface area (Å²) in [6, 6.07) is 0.740. The molecule has 0 atom stereocenters. The van der Waals surface area contributed by atoms with Crippen molar-refractivity contribution in [1.29, 1.82) is 0 Å². The summed E-state index contributed by atoms with van der Waals surface area (Å²) >= 11 is 6.00. The molecule has 1 aliphatic rings. The molecule has 1 aliphatic carbocycles. The highest BCUT2D eigenvalue weighted by Crippen LogP contribution is 2.18. The van der Waals surface area contributed by atoms with E-state index in [1.807, 2.05) is 6.92 Å². The van der Waals surface area contributed by atoms with Crippen molar-refractivity contribution in [1.82, 2.24) is 15.1 Å². The summed E-state index contributed by atoms with van der Waals surface area (Å²) in [4.78, 5) is 11.7. The van der Waals surface area contributed by atoms with E-state index in [0.29, 0.717) is 12.2 Å². The summed E-state index contributed by atoms with van der Waals surface area (Å²) in [6.45, 7) is 4.18. The first-order chi connectivity index (χ1) is 8.72. The lowest BCUT2D eigenvalue weighted by Gasteiger charge is -2.09. The van der Waals surface area contributed by atoms with E-state index in [1.54, 1.807) is 6.20 Å². The van der Waals surface area contributed by atoms with Gasteiger partial charge in [-0.15, -0.1) is 0 Å². The maximum absolute atomic E-state index is 11.7. The lowest BCUT2D eigenvalue weighted by atomic mass is 10.3. The molecule has 0 aromatic carbocycles. The molecule has 6 heteroatoms. The maximum atomic E-state index is 11.7. The van der Waals surface area contributed by atoms with Gasteiger partial charge in [0.1, 0.15) is 5.02 Å². The van der Waals surface area contributed by atoms with Crippen LogP contribution in [0.1, 0.15) is 26.2 Å². The zero-order valence-electron chi connectivity index (χ0n) is 10.6. The van der Waals surface area contributed by atoms with Crippen molar-refractivity contribution in [2.75, 3.05) is 18.4 Å². The van der Waals surface area contributed by atoms with Crippen molar-refractivity contribution in [3.63, 3.8) is 0 Å². The zero-order chi connectivity index (χ0) is 13.0. The number of nitrogens with zero attached hydrogens (tertiary/aromatic N) is 2. The minimum Gasteiger partial charge on any atom is -0.382 e. The molecule has 0 amide bonds. The number of nitrogens with one attached hydrogen (secondary N) is 2. The molecular weight excluding hydrogens is 252 g/mol. The lowest BCUT2D eigenvalue weighted by Crippen LogP contribution is -2.24. The number of halogens is 1. The van der Waals surface area contributed by atoms with Gasteiger partial charge in [0.15, 0.2) is 0 Å². The molecule has 0 saturated heterocycles. The van der Waals surface area contributed by atoms with Crippen molar-refractivity contribution >= 4 is 17.3 Å². The van der Waals surface area contributed by atoms with Crippen molar-refractivity contribution in [3.05, 3.63) is 21.6 Å². The molecule has 1 saturated carbocycles. The standard InChI is InChI=1S/C12H19ClN4O/c1-2-17-12(18)11(13)10(8-16-17)15-7-3-6-14-9-4-5-9/h8-9,14-15H,2-7H2,1H3. The molecule has 1 aromatic rings. The van der Waals surface area contributed by atoms with Crippen molar-refractivity contribution in [3.8, 4) is 0 Å². The van der Waals surface area contributed by atoms with E-state index < -0.39 is 0 Å². The monoisotopic (exact) mass is 270 g/mol. The number of hydrogen-bond acceptors (Lipinski definition) is 4. The van der Waals surface area contributed by atoms with Crippen LogP contribution in [0.5, 0.6) is 0 Å². The predicted molar refractivity (Wildman–Crippen MR) is 73.3 cm³/mol. The second-order valence-corrected chi connectivity index (χ2v) is 4.88. The van der Waals surface area contributed by atoms with Crippen LogP contribution >= 0.6 is 11.6 Å². The average Bonchev–Trinajstić information content (AvgIpc) is 3.18. The Bertz CT molecular complexity index is 456. The quantitative estimate of drug-likeness (QED) is 0.737. The molecule has 0 bridgehead atoms. The second kappa shape index (κ2) is 6.20. The summed E-state index contributed by atoms with van der Waals surface area (Å²) in [5.41, 5.74) is 0.387. The lowest BCUT2D eigenvalue weighted by molar-refractivity contribution is 0.615. The van der Waals surface area contributed by atoms with Crippen LogP contribution in [0, 0.1) is 0 Å². The van der Waals surface area contributed by atoms with E-state index >= 15 is 0 Å². The summed E-state index contributed by atoms with van der Waals surface area (Å²) in [5.74, 6) is 0. The predicted octanol–water partition coefficient (Wildman–Crippen LogP) is 1.47. The molecule has 1 fully saturated rings. The van der Waals surface area contributed by atoms with Gasteiger partial charge in [-0.3, -0.25) is 4.79 Å². The van der Waals surface area contributed by atoms with Crippen molar-refractivity contribution < 1.29 is 0 Å². The second-order valence-electron chi connectivity index (χ2n) is 4.50. The van der Waals surface area contributed by atoms with Crippen LogP contribution < -0.4 is 16.2 Å². The van der Waals surface area contributed by atoms with Gasteiger partial charge in [0, 0.05) is 19.1 Å². The average molecular weight is 271 g/mol. The number of rotatable bonds is 7. The Morgan fingerprint density at radius 1 is 1.50 bits per heavy atom. The third kappa shape index (κ3) is 3.46. The molecule has 100 valence electrons. The van der Waals surface area contributed by atoms with Gasteiger partial charge in [0.05, 0.1) is 11.9 Å². The normalized spacial score (nSPS) is 14.8. The van der Waals surface area contributed by atoms with Gasteiger partial charge >= 0.3 is 0 Å². The number of aromatic nitrogens is 2. The molecule has 2 N–H and O–H groups in total. The van der Waals surface area contributed by atoms with Crippen LogP contribution in [0.15, 0.2) is 11.0 Å². The summed E-state index contributed by atoms with van der Waals surface area (Å²) in [6.07, 6.45) is 5.22. The van der Waals surface area contributed by atoms with E-state index in [2.05, 4.69) is 15.7 Å². The van der Waals surface area contributed by atoms with Crippen LogP contribution in [0.4, 0.5) is 5.69 Å². The molecule has 0 spiro atoms. The maximum Gasteiger partial charge on any atom is 0.287 e. The van der Waals surface area contributed by atoms with E-state index in [1.165, 1.54) is 17.5 Å². The topological polar surface area (TPSA) is 59.0 Å². The minimum absolute atomic E-state index is 0.224. The minimum atomic E-state index is -0.236. The molecular formula is C12H19ClN4O. The molecule has 2 rings (SSSR count). The highest BCUT2D eigenvalue weighted by molar-refractivity contribution is 6.32. The van der Waals surface area contributed by atoms with Gasteiger partial charge in [-0.2, -0.15) is 5.10 Å². The third-order valence-electron chi connectivity index (χ3n) is 2.96. The number of aryl methyl sites for hydroxylation is 1. The van der Waals surface area contributed by atoms with Gasteiger partial charge in [0.2, 0.25) is 0 Å². The Labute approximate surface area is 112 Å². The SMILES string of the molecule is CCn1ncc(NCCCNC2CC2)c(Cl)c1=O. The van der Waals surface area contributed by atoms with Crippen molar-refractivity contribution in [2.45, 2.75) is 38.8 Å². The van der Waals surface area contributed by atoms with E-state index in [0.717, 1.165) is 25.6 Å². The summed E-state index contributed by atoms with van der Waals surface area (Å²) in [7, 11) is 0. The zero-order valence-corrected chi connectivity index (χ0v) is 11.3. The van der Waals surface area contributed by atoms with Crippen LogP contribution in [0.3, 0.4) is 0 Å². The van der Waals surface area contributed by atoms with Gasteiger partial charge in [-0.05, 0) is 32.7 Å². The fraction of sp³-hybridized carbons (Fsp3) is 0.667. The molecule has 1 heterocycles. The van der Waals surface area contributed by atoms with Gasteiger partial charge in [-0.25, -0.2) is 4.68 Å². The highest BCUT2D eigenvalue weighted by atomic mass is 35.5. The Balaban J connectivity index is 1.81. The van der Waals surface area contributed by atoms with Gasteiger partial charge in [-0.1, -0.05) is 11.6 Å². The molecule has 18 heavy (non-hydrogen) atoms. The van der Waals surface area contributed by atoms with Crippen molar-refractivity contribution in [2.24, 2.45) is 0 Å². The third-order valence-corrected chi connectivity index (χ3v) is 3.33. The molecule has 0 unspecified atom stereocenters. The Morgan fingerprint density at radius 2 is 2.28 bits per heavy atom. The largest absolute Gasteiger partial charge is 0.382 e. The van der Waals surface area contributed by atoms with Gasteiger partial charge in [0.25, 0.3) is 5.56 Å². The van der Waals surface area contributed by atoms with Crippen LogP contribution in [0.25, 0.3) is 0 Å². The first-order valence-corrected chi connectivity index (χ1v) is 6.83. The summed E-state index contributed by atoms with van der Waals surface area (Å²) < 4.78 is 1.35. The number of anilines is 1. The Hall–Kier alpha value is -1.07. The summed E-state index contributed by atoms with van der Waals surface area (Å²) in [5, 5.41) is 10.8. The fourth-order valence-electron chi connectivity index (χ4n) is 1.72. The van der Waals surface area contributed by atoms with E-state index in [-0.39, 0.29) is 10.6 Å². The van der Waals surface area contributed by atoms with E-state index in [4.69, 9.17) is 11.6 Å². The van der Waals surface area contributed by atoms with E-state index in [9.17, 15) is 4.79 Å². The van der Waals surface area contributed by atoms with Crippen LogP contribution in [0.2, 0.25) is 5.02 Å². The van der Waals surface area contributed by atoms with Crippen LogP contribution in [-0.2, 0) is 6.54 Å². The molecule has 5 nitrogen and oxygen atoms in total. The number of hydrogen-bond donors (Lipinski definition) is 2. The molecule has 0 radical (unpaired) electrons. The molecule has 1 aromatic heterocycles. The first-order valence-electron chi connectivity index (χ1n) is 6.45. The first kappa shape index (κ1) is 13.4. The molecule has 0 aliphatic heterocycles. The van der Waals surface area contributed by atoms with Gasteiger partial charge < -0.3 is 10.6 Å². The Kier molecular flexibility index (Phi) is 4.60. The fourth-order valence-corrected chi connectivity index (χ4v) is 1.93. The highest BCUT2D eigenvalue weighted by Gasteiger charge is 2.19. The Morgan fingerprint density at radius 3 is 2.94 bits per heavy atom. The smallest absolute Gasteiger partial charge is 0.287 e. The van der Waals surface area contributed by atoms with Crippen LogP contribution in [-0.4, -0.2) is 28.9 Å².